The number of nitrogens with one attached hydrogen (secondary N) is 1. The highest BCUT2D eigenvalue weighted by molar-refractivity contribution is 9.10. The molecule has 0 saturated heterocycles. The van der Waals surface area contributed by atoms with E-state index in [4.69, 9.17) is 0 Å². The number of nitrogens with zero attached hydrogens (tertiary/aromatic N) is 1. The Labute approximate surface area is 122 Å². The fourth-order valence-electron chi connectivity index (χ4n) is 1.84. The Balaban J connectivity index is 2.44. The smallest absolute Gasteiger partial charge is 0.226 e. The number of hydrogen-bond donors (Lipinski definition) is 1. The molecular formula is C13H21BrN2OS. The lowest BCUT2D eigenvalue weighted by Gasteiger charge is -2.22. The average molecular weight is 333 g/mol. The third-order valence-corrected chi connectivity index (χ3v) is 4.74. The van der Waals surface area contributed by atoms with Crippen molar-refractivity contribution in [2.45, 2.75) is 19.8 Å². The van der Waals surface area contributed by atoms with Gasteiger partial charge in [0.2, 0.25) is 5.91 Å². The van der Waals surface area contributed by atoms with Gasteiger partial charge in [-0.25, -0.2) is 0 Å². The van der Waals surface area contributed by atoms with E-state index in [1.807, 2.05) is 19.0 Å². The van der Waals surface area contributed by atoms with Gasteiger partial charge in [-0.3, -0.25) is 4.79 Å². The molecule has 1 rings (SSSR count). The second-order valence-corrected chi connectivity index (χ2v) is 6.32. The lowest BCUT2D eigenvalue weighted by molar-refractivity contribution is -0.134. The van der Waals surface area contributed by atoms with Gasteiger partial charge in [-0.2, -0.15) is 0 Å². The second-order valence-electron chi connectivity index (χ2n) is 4.40. The molecule has 102 valence electrons. The van der Waals surface area contributed by atoms with Crippen LogP contribution in [-0.4, -0.2) is 38.0 Å². The maximum Gasteiger partial charge on any atom is 0.226 e. The van der Waals surface area contributed by atoms with Crippen LogP contribution in [0.15, 0.2) is 15.9 Å². The van der Waals surface area contributed by atoms with E-state index in [9.17, 15) is 4.79 Å². The largest absolute Gasteiger partial charge is 0.345 e. The quantitative estimate of drug-likeness (QED) is 0.832. The van der Waals surface area contributed by atoms with Crippen LogP contribution < -0.4 is 5.32 Å². The monoisotopic (exact) mass is 332 g/mol. The molecule has 3 nitrogen and oxygen atoms in total. The maximum absolute atomic E-state index is 12.2. The zero-order valence-electron chi connectivity index (χ0n) is 11.2. The zero-order chi connectivity index (χ0) is 13.5. The molecule has 0 spiro atoms. The molecule has 1 aromatic heterocycles. The highest BCUT2D eigenvalue weighted by Crippen LogP contribution is 2.20. The maximum atomic E-state index is 12.2. The summed E-state index contributed by atoms with van der Waals surface area (Å²) in [6.45, 7) is 3.60. The third-order valence-electron chi connectivity index (χ3n) is 2.98. The summed E-state index contributed by atoms with van der Waals surface area (Å²) < 4.78 is 1.12. The number of carbonyl (C=O) groups excluding carboxylic acids is 1. The van der Waals surface area contributed by atoms with Crippen molar-refractivity contribution in [1.82, 2.24) is 10.2 Å². The molecule has 1 N–H and O–H groups in total. The van der Waals surface area contributed by atoms with Crippen molar-refractivity contribution in [3.8, 4) is 0 Å². The molecule has 0 saturated carbocycles. The topological polar surface area (TPSA) is 32.3 Å². The van der Waals surface area contributed by atoms with Gasteiger partial charge in [0, 0.05) is 34.9 Å². The molecule has 0 fully saturated rings. The van der Waals surface area contributed by atoms with Gasteiger partial charge in [0.05, 0.1) is 5.92 Å². The fourth-order valence-corrected chi connectivity index (χ4v) is 3.28. The summed E-state index contributed by atoms with van der Waals surface area (Å²) in [5.74, 6) is 0.331. The van der Waals surface area contributed by atoms with Crippen molar-refractivity contribution in [2.24, 2.45) is 5.92 Å². The molecule has 1 amide bonds. The van der Waals surface area contributed by atoms with E-state index >= 15 is 0 Å². The normalized spacial score (nSPS) is 12.4. The number of amides is 1. The first kappa shape index (κ1) is 15.7. The first-order valence-electron chi connectivity index (χ1n) is 6.21. The standard InChI is InChI=1S/C13H21BrN2OS/c1-4-10(8-15-2)13(17)16(3)6-5-12-7-11(14)9-18-12/h7,9-10,15H,4-6,8H2,1-3H3. The van der Waals surface area contributed by atoms with Gasteiger partial charge in [-0.1, -0.05) is 6.92 Å². The number of halogens is 1. The second kappa shape index (κ2) is 7.92. The molecule has 0 aliphatic rings. The summed E-state index contributed by atoms with van der Waals surface area (Å²) in [6, 6.07) is 2.12. The third kappa shape index (κ3) is 4.71. The Morgan fingerprint density at radius 1 is 1.61 bits per heavy atom. The summed E-state index contributed by atoms with van der Waals surface area (Å²) in [5.41, 5.74) is 0. The molecule has 0 aliphatic heterocycles. The van der Waals surface area contributed by atoms with Gasteiger partial charge in [0.25, 0.3) is 0 Å². The van der Waals surface area contributed by atoms with Crippen LogP contribution in [0.2, 0.25) is 0 Å². The van der Waals surface area contributed by atoms with E-state index < -0.39 is 0 Å². The highest BCUT2D eigenvalue weighted by Gasteiger charge is 2.19. The van der Waals surface area contributed by atoms with Gasteiger partial charge < -0.3 is 10.2 Å². The predicted molar refractivity (Wildman–Crippen MR) is 81.1 cm³/mol. The van der Waals surface area contributed by atoms with Crippen molar-refractivity contribution in [2.75, 3.05) is 27.2 Å². The van der Waals surface area contributed by atoms with Crippen molar-refractivity contribution in [3.05, 3.63) is 20.8 Å². The molecule has 18 heavy (non-hydrogen) atoms. The van der Waals surface area contributed by atoms with Crippen LogP contribution in [0.25, 0.3) is 0 Å². The van der Waals surface area contributed by atoms with Crippen molar-refractivity contribution in [3.63, 3.8) is 0 Å². The van der Waals surface area contributed by atoms with Crippen LogP contribution in [-0.2, 0) is 11.2 Å². The first-order chi connectivity index (χ1) is 8.58. The van der Waals surface area contributed by atoms with Gasteiger partial charge in [-0.15, -0.1) is 11.3 Å². The molecular weight excluding hydrogens is 312 g/mol. The first-order valence-corrected chi connectivity index (χ1v) is 7.88. The van der Waals surface area contributed by atoms with Crippen LogP contribution in [0.3, 0.4) is 0 Å². The van der Waals surface area contributed by atoms with Crippen LogP contribution in [0, 0.1) is 5.92 Å². The number of likely N-dealkylation sites (N-methyl/N-ethyl adjacent to an activating group) is 1. The Kier molecular flexibility index (Phi) is 6.89. The summed E-state index contributed by atoms with van der Waals surface area (Å²) in [4.78, 5) is 15.3. The van der Waals surface area contributed by atoms with Crippen molar-refractivity contribution < 1.29 is 4.79 Å². The summed E-state index contributed by atoms with van der Waals surface area (Å²) in [6.07, 6.45) is 1.81. The molecule has 0 bridgehead atoms. The number of hydrogen-bond acceptors (Lipinski definition) is 3. The van der Waals surface area contributed by atoms with Gasteiger partial charge in [-0.05, 0) is 41.9 Å². The number of thiophene rings is 1. The van der Waals surface area contributed by atoms with E-state index in [0.717, 1.165) is 30.4 Å². The Hall–Kier alpha value is -0.390. The minimum Gasteiger partial charge on any atom is -0.345 e. The molecule has 0 aliphatic carbocycles. The van der Waals surface area contributed by atoms with Crippen LogP contribution >= 0.6 is 27.3 Å². The SMILES string of the molecule is CCC(CNC)C(=O)N(C)CCc1cc(Br)cs1. The number of carbonyl (C=O) groups is 1. The van der Waals surface area contributed by atoms with Gasteiger partial charge >= 0.3 is 0 Å². The average Bonchev–Trinajstić information content (AvgIpc) is 2.78. The summed E-state index contributed by atoms with van der Waals surface area (Å²) in [5, 5.41) is 5.16. The Morgan fingerprint density at radius 3 is 2.83 bits per heavy atom. The zero-order valence-corrected chi connectivity index (χ0v) is 13.6. The van der Waals surface area contributed by atoms with E-state index in [1.165, 1.54) is 4.88 Å². The lowest BCUT2D eigenvalue weighted by atomic mass is 10.1. The van der Waals surface area contributed by atoms with E-state index in [2.05, 4.69) is 39.6 Å². The Morgan fingerprint density at radius 2 is 2.33 bits per heavy atom. The fraction of sp³-hybridized carbons (Fsp3) is 0.615. The van der Waals surface area contributed by atoms with Gasteiger partial charge in [0.1, 0.15) is 0 Å². The molecule has 1 atom stereocenters. The van der Waals surface area contributed by atoms with E-state index in [0.29, 0.717) is 0 Å². The molecule has 5 heteroatoms. The van der Waals surface area contributed by atoms with Crippen LogP contribution in [0.4, 0.5) is 0 Å². The Bertz CT molecular complexity index is 381. The minimum absolute atomic E-state index is 0.0927. The van der Waals surface area contributed by atoms with E-state index in [-0.39, 0.29) is 11.8 Å². The van der Waals surface area contributed by atoms with Gasteiger partial charge in [0.15, 0.2) is 0 Å². The minimum atomic E-state index is 0.0927. The predicted octanol–water partition coefficient (Wildman–Crippen LogP) is 2.76. The number of rotatable bonds is 7. The lowest BCUT2D eigenvalue weighted by Crippen LogP contribution is -2.38. The molecule has 0 radical (unpaired) electrons. The van der Waals surface area contributed by atoms with E-state index in [1.54, 1.807) is 11.3 Å². The molecule has 1 heterocycles. The molecule has 1 aromatic rings. The van der Waals surface area contributed by atoms with Crippen LogP contribution in [0.1, 0.15) is 18.2 Å². The van der Waals surface area contributed by atoms with Crippen LogP contribution in [0.5, 0.6) is 0 Å². The summed E-state index contributed by atoms with van der Waals surface area (Å²) in [7, 11) is 3.78. The van der Waals surface area contributed by atoms with Crippen molar-refractivity contribution >= 4 is 33.2 Å². The molecule has 1 unspecified atom stereocenters. The summed E-state index contributed by atoms with van der Waals surface area (Å²) >= 11 is 5.18. The van der Waals surface area contributed by atoms with Crippen molar-refractivity contribution in [1.29, 1.82) is 0 Å². The highest BCUT2D eigenvalue weighted by atomic mass is 79.9. The molecule has 0 aromatic carbocycles.